The van der Waals surface area contributed by atoms with E-state index in [9.17, 15) is 9.59 Å². The van der Waals surface area contributed by atoms with Crippen LogP contribution in [0.25, 0.3) is 10.9 Å². The van der Waals surface area contributed by atoms with E-state index >= 15 is 0 Å². The summed E-state index contributed by atoms with van der Waals surface area (Å²) in [5.41, 5.74) is 1.35. The Kier molecular flexibility index (Phi) is 5.30. The molecule has 3 N–H and O–H groups in total. The molecule has 2 aromatic rings. The number of likely N-dealkylation sites (N-methyl/N-ethyl adjacent to an activating group) is 1. The summed E-state index contributed by atoms with van der Waals surface area (Å²) >= 11 is 6.15. The zero-order valence-electron chi connectivity index (χ0n) is 14.4. The van der Waals surface area contributed by atoms with Gasteiger partial charge in [0.05, 0.1) is 0 Å². The highest BCUT2D eigenvalue weighted by Gasteiger charge is 2.31. The van der Waals surface area contributed by atoms with Crippen LogP contribution >= 0.6 is 11.6 Å². The van der Waals surface area contributed by atoms with E-state index in [4.69, 9.17) is 11.6 Å². The van der Waals surface area contributed by atoms with Gasteiger partial charge in [0.2, 0.25) is 5.91 Å². The predicted molar refractivity (Wildman–Crippen MR) is 98.9 cm³/mol. The fraction of sp³-hybridized carbons (Fsp3) is 0.444. The number of aromatic amines is 1. The lowest BCUT2D eigenvalue weighted by atomic mass is 10.1. The number of H-pyrrole nitrogens is 1. The Morgan fingerprint density at radius 2 is 2.08 bits per heavy atom. The first kappa shape index (κ1) is 17.8. The summed E-state index contributed by atoms with van der Waals surface area (Å²) in [6.45, 7) is 0.558. The van der Waals surface area contributed by atoms with E-state index in [-0.39, 0.29) is 23.9 Å². The molecule has 2 amide bonds. The maximum Gasteiger partial charge on any atom is 0.267 e. The highest BCUT2D eigenvalue weighted by molar-refractivity contribution is 6.35. The average molecular weight is 363 g/mol. The summed E-state index contributed by atoms with van der Waals surface area (Å²) in [6, 6.07) is 7.80. The van der Waals surface area contributed by atoms with Crippen molar-refractivity contribution in [1.82, 2.24) is 20.5 Å². The highest BCUT2D eigenvalue weighted by Crippen LogP contribution is 2.25. The lowest BCUT2D eigenvalue weighted by Gasteiger charge is -2.25. The SMILES string of the molecule is CNC(=O)C[C@H]1CC[C@@H](CNC(=O)c2cc3c(Cl)cccc3[nH]2)N1C. The Labute approximate surface area is 151 Å². The Hall–Kier alpha value is -2.05. The lowest BCUT2D eigenvalue weighted by Crippen LogP contribution is -2.42. The monoisotopic (exact) mass is 362 g/mol. The third kappa shape index (κ3) is 3.80. The van der Waals surface area contributed by atoms with Crippen LogP contribution in [-0.4, -0.2) is 54.4 Å². The van der Waals surface area contributed by atoms with Gasteiger partial charge in [-0.15, -0.1) is 0 Å². The van der Waals surface area contributed by atoms with Crippen LogP contribution in [0.15, 0.2) is 24.3 Å². The van der Waals surface area contributed by atoms with Crippen LogP contribution in [-0.2, 0) is 4.79 Å². The van der Waals surface area contributed by atoms with Crippen LogP contribution in [0.3, 0.4) is 0 Å². The molecule has 1 aromatic carbocycles. The van der Waals surface area contributed by atoms with E-state index in [1.54, 1.807) is 19.2 Å². The molecular weight excluding hydrogens is 340 g/mol. The van der Waals surface area contributed by atoms with Crippen molar-refractivity contribution in [2.24, 2.45) is 0 Å². The molecule has 3 rings (SSSR count). The van der Waals surface area contributed by atoms with Crippen molar-refractivity contribution in [3.8, 4) is 0 Å². The average Bonchev–Trinajstić information content (AvgIpc) is 3.18. The number of amides is 2. The van der Waals surface area contributed by atoms with E-state index in [0.29, 0.717) is 23.7 Å². The summed E-state index contributed by atoms with van der Waals surface area (Å²) < 4.78 is 0. The first-order valence-corrected chi connectivity index (χ1v) is 8.85. The number of nitrogens with one attached hydrogen (secondary N) is 3. The van der Waals surface area contributed by atoms with E-state index in [0.717, 1.165) is 23.7 Å². The van der Waals surface area contributed by atoms with Gasteiger partial charge in [-0.1, -0.05) is 17.7 Å². The molecule has 0 spiro atoms. The molecule has 2 heterocycles. The van der Waals surface area contributed by atoms with E-state index in [1.807, 2.05) is 19.2 Å². The van der Waals surface area contributed by atoms with Crippen LogP contribution in [0.1, 0.15) is 29.8 Å². The quantitative estimate of drug-likeness (QED) is 0.762. The molecule has 25 heavy (non-hydrogen) atoms. The van der Waals surface area contributed by atoms with Gasteiger partial charge in [0, 0.05) is 48.0 Å². The number of benzene rings is 1. The maximum absolute atomic E-state index is 12.4. The van der Waals surface area contributed by atoms with Crippen LogP contribution in [0, 0.1) is 0 Å². The summed E-state index contributed by atoms with van der Waals surface area (Å²) in [4.78, 5) is 29.3. The molecule has 1 aliphatic rings. The van der Waals surface area contributed by atoms with Crippen molar-refractivity contribution < 1.29 is 9.59 Å². The van der Waals surface area contributed by atoms with Gasteiger partial charge >= 0.3 is 0 Å². The Balaban J connectivity index is 1.58. The van der Waals surface area contributed by atoms with Crippen LogP contribution in [0.2, 0.25) is 5.02 Å². The topological polar surface area (TPSA) is 77.2 Å². The summed E-state index contributed by atoms with van der Waals surface area (Å²) in [6.07, 6.45) is 2.43. The molecule has 0 bridgehead atoms. The number of fused-ring (bicyclic) bond motifs is 1. The van der Waals surface area contributed by atoms with E-state index in [2.05, 4.69) is 20.5 Å². The van der Waals surface area contributed by atoms with Gasteiger partial charge in [-0.25, -0.2) is 0 Å². The van der Waals surface area contributed by atoms with Gasteiger partial charge < -0.3 is 15.6 Å². The minimum Gasteiger partial charge on any atom is -0.359 e. The molecule has 0 aliphatic carbocycles. The van der Waals surface area contributed by atoms with E-state index in [1.165, 1.54) is 0 Å². The Morgan fingerprint density at radius 1 is 1.32 bits per heavy atom. The molecular formula is C18H23ClN4O2. The smallest absolute Gasteiger partial charge is 0.267 e. The first-order chi connectivity index (χ1) is 12.0. The third-order valence-electron chi connectivity index (χ3n) is 5.04. The molecule has 1 aliphatic heterocycles. The first-order valence-electron chi connectivity index (χ1n) is 8.47. The Bertz CT molecular complexity index is 788. The van der Waals surface area contributed by atoms with Crippen molar-refractivity contribution in [3.63, 3.8) is 0 Å². The van der Waals surface area contributed by atoms with Crippen molar-refractivity contribution in [2.45, 2.75) is 31.3 Å². The standard InChI is InChI=1S/C18H23ClN4O2/c1-20-17(24)8-11-6-7-12(23(11)2)10-21-18(25)16-9-13-14(19)4-3-5-15(13)22-16/h3-5,9,11-12,22H,6-8,10H2,1-2H3,(H,20,24)(H,21,25)/t11-,12+/m1/s1. The number of halogens is 1. The Morgan fingerprint density at radius 3 is 2.80 bits per heavy atom. The van der Waals surface area contributed by atoms with Gasteiger partial charge in [-0.05, 0) is 38.1 Å². The number of hydrogen-bond donors (Lipinski definition) is 3. The highest BCUT2D eigenvalue weighted by atomic mass is 35.5. The van der Waals surface area contributed by atoms with Crippen molar-refractivity contribution >= 4 is 34.3 Å². The molecule has 0 saturated carbocycles. The number of hydrogen-bond acceptors (Lipinski definition) is 3. The van der Waals surface area contributed by atoms with Gasteiger partial charge in [0.25, 0.3) is 5.91 Å². The summed E-state index contributed by atoms with van der Waals surface area (Å²) in [5.74, 6) is -0.0908. The van der Waals surface area contributed by atoms with Crippen molar-refractivity contribution in [1.29, 1.82) is 0 Å². The normalized spacial score (nSPS) is 20.8. The number of likely N-dealkylation sites (tertiary alicyclic amines) is 1. The molecule has 134 valence electrons. The van der Waals surface area contributed by atoms with Gasteiger partial charge in [0.1, 0.15) is 5.69 Å². The number of rotatable bonds is 5. The molecule has 1 fully saturated rings. The minimum absolute atomic E-state index is 0.0523. The van der Waals surface area contributed by atoms with E-state index < -0.39 is 0 Å². The third-order valence-corrected chi connectivity index (χ3v) is 5.37. The second-order valence-corrected chi connectivity index (χ2v) is 6.93. The zero-order valence-corrected chi connectivity index (χ0v) is 15.2. The predicted octanol–water partition coefficient (Wildman–Crippen LogP) is 2.15. The van der Waals surface area contributed by atoms with Crippen LogP contribution in [0.5, 0.6) is 0 Å². The molecule has 7 heteroatoms. The van der Waals surface area contributed by atoms with Crippen LogP contribution in [0.4, 0.5) is 0 Å². The minimum atomic E-state index is -0.143. The molecule has 0 radical (unpaired) electrons. The lowest BCUT2D eigenvalue weighted by molar-refractivity contribution is -0.121. The van der Waals surface area contributed by atoms with Gasteiger partial charge in [0.15, 0.2) is 0 Å². The number of carbonyl (C=O) groups excluding carboxylic acids is 2. The largest absolute Gasteiger partial charge is 0.359 e. The summed E-state index contributed by atoms with van der Waals surface area (Å²) in [5, 5.41) is 7.12. The molecule has 2 atom stereocenters. The number of carbonyl (C=O) groups is 2. The van der Waals surface area contributed by atoms with Gasteiger partial charge in [-0.2, -0.15) is 0 Å². The van der Waals surface area contributed by atoms with Crippen LogP contribution < -0.4 is 10.6 Å². The maximum atomic E-state index is 12.4. The van der Waals surface area contributed by atoms with Crippen molar-refractivity contribution in [3.05, 3.63) is 35.0 Å². The zero-order chi connectivity index (χ0) is 18.0. The summed E-state index contributed by atoms with van der Waals surface area (Å²) in [7, 11) is 3.67. The fourth-order valence-electron chi connectivity index (χ4n) is 3.44. The number of aromatic nitrogens is 1. The fourth-order valence-corrected chi connectivity index (χ4v) is 3.67. The van der Waals surface area contributed by atoms with Crippen molar-refractivity contribution in [2.75, 3.05) is 20.6 Å². The second kappa shape index (κ2) is 7.45. The molecule has 1 aromatic heterocycles. The van der Waals surface area contributed by atoms with Gasteiger partial charge in [-0.3, -0.25) is 14.5 Å². The molecule has 0 unspecified atom stereocenters. The number of nitrogens with zero attached hydrogens (tertiary/aromatic N) is 1. The molecule has 6 nitrogen and oxygen atoms in total. The molecule has 1 saturated heterocycles. The second-order valence-electron chi connectivity index (χ2n) is 6.52.